The lowest BCUT2D eigenvalue weighted by atomic mass is 10.2. The molecule has 9 heteroatoms. The van der Waals surface area contributed by atoms with E-state index in [1.165, 1.54) is 13.8 Å². The van der Waals surface area contributed by atoms with E-state index in [4.69, 9.17) is 4.74 Å². The van der Waals surface area contributed by atoms with Crippen LogP contribution in [-0.2, 0) is 20.5 Å². The Bertz CT molecular complexity index is 868. The fourth-order valence-corrected chi connectivity index (χ4v) is 2.24. The van der Waals surface area contributed by atoms with Gasteiger partial charge in [-0.15, -0.1) is 0 Å². The summed E-state index contributed by atoms with van der Waals surface area (Å²) in [6, 6.07) is 11.1. The van der Waals surface area contributed by atoms with Crippen LogP contribution in [0.15, 0.2) is 54.6 Å². The molecule has 6 nitrogen and oxygen atoms in total. The number of esters is 1. The summed E-state index contributed by atoms with van der Waals surface area (Å²) < 4.78 is 42.7. The van der Waals surface area contributed by atoms with E-state index in [1.807, 2.05) is 0 Å². The van der Waals surface area contributed by atoms with E-state index in [2.05, 4.69) is 10.6 Å². The highest BCUT2D eigenvalue weighted by molar-refractivity contribution is 5.98. The SMILES string of the molecule is C[C@H](NC(=O)c1ccccc1)C(=O)O[C@@H](C)C(=O)Nc1ccc(C(F)(F)F)cc1. The number of carbonyl (C=O) groups excluding carboxylic acids is 3. The Hall–Kier alpha value is -3.36. The van der Waals surface area contributed by atoms with Gasteiger partial charge in [0, 0.05) is 11.3 Å². The van der Waals surface area contributed by atoms with Crippen molar-refractivity contribution in [1.29, 1.82) is 0 Å². The van der Waals surface area contributed by atoms with Crippen LogP contribution < -0.4 is 10.6 Å². The van der Waals surface area contributed by atoms with Crippen molar-refractivity contribution in [1.82, 2.24) is 5.32 Å². The summed E-state index contributed by atoms with van der Waals surface area (Å²) >= 11 is 0. The molecule has 0 aromatic heterocycles. The first kappa shape index (κ1) is 21.9. The molecule has 0 unspecified atom stereocenters. The van der Waals surface area contributed by atoms with Gasteiger partial charge < -0.3 is 15.4 Å². The van der Waals surface area contributed by atoms with Crippen LogP contribution in [0.4, 0.5) is 18.9 Å². The third-order valence-electron chi connectivity index (χ3n) is 3.88. The second kappa shape index (κ2) is 9.22. The molecule has 0 spiro atoms. The van der Waals surface area contributed by atoms with E-state index < -0.39 is 41.7 Å². The molecule has 2 aromatic rings. The minimum absolute atomic E-state index is 0.122. The molecule has 2 aromatic carbocycles. The first-order valence-electron chi connectivity index (χ1n) is 8.62. The van der Waals surface area contributed by atoms with Crippen molar-refractivity contribution in [2.75, 3.05) is 5.32 Å². The van der Waals surface area contributed by atoms with Gasteiger partial charge in [0.15, 0.2) is 6.10 Å². The van der Waals surface area contributed by atoms with Crippen molar-refractivity contribution in [3.05, 3.63) is 65.7 Å². The van der Waals surface area contributed by atoms with Crippen LogP contribution >= 0.6 is 0 Å². The molecule has 0 aliphatic heterocycles. The van der Waals surface area contributed by atoms with E-state index in [9.17, 15) is 27.6 Å². The molecule has 2 atom stereocenters. The molecule has 2 amide bonds. The zero-order valence-electron chi connectivity index (χ0n) is 15.6. The predicted molar refractivity (Wildman–Crippen MR) is 99.0 cm³/mol. The number of benzene rings is 2. The average Bonchev–Trinajstić information content (AvgIpc) is 2.68. The minimum Gasteiger partial charge on any atom is -0.451 e. The summed E-state index contributed by atoms with van der Waals surface area (Å²) in [4.78, 5) is 36.2. The standard InChI is InChI=1S/C20H19F3N2O4/c1-12(24-18(27)14-6-4-3-5-7-14)19(28)29-13(2)17(26)25-16-10-8-15(9-11-16)20(21,22)23/h3-13H,1-2H3,(H,24,27)(H,25,26)/t12-,13-/m0/s1. The van der Waals surface area contributed by atoms with E-state index >= 15 is 0 Å². The fraction of sp³-hybridized carbons (Fsp3) is 0.250. The first-order chi connectivity index (χ1) is 13.6. The molecule has 0 bridgehead atoms. The van der Waals surface area contributed by atoms with E-state index in [0.29, 0.717) is 5.56 Å². The van der Waals surface area contributed by atoms with Gasteiger partial charge in [0.1, 0.15) is 6.04 Å². The van der Waals surface area contributed by atoms with Crippen molar-refractivity contribution in [2.45, 2.75) is 32.2 Å². The Kier molecular flexibility index (Phi) is 6.98. The highest BCUT2D eigenvalue weighted by Gasteiger charge is 2.30. The van der Waals surface area contributed by atoms with E-state index in [0.717, 1.165) is 24.3 Å². The smallest absolute Gasteiger partial charge is 0.416 e. The highest BCUT2D eigenvalue weighted by atomic mass is 19.4. The minimum atomic E-state index is -4.48. The Morgan fingerprint density at radius 1 is 0.931 bits per heavy atom. The monoisotopic (exact) mass is 408 g/mol. The number of amides is 2. The maximum Gasteiger partial charge on any atom is 0.416 e. The van der Waals surface area contributed by atoms with Crippen LogP contribution in [-0.4, -0.2) is 29.9 Å². The lowest BCUT2D eigenvalue weighted by molar-refractivity contribution is -0.154. The fourth-order valence-electron chi connectivity index (χ4n) is 2.24. The molecule has 154 valence electrons. The van der Waals surface area contributed by atoms with Gasteiger partial charge in [-0.3, -0.25) is 9.59 Å². The highest BCUT2D eigenvalue weighted by Crippen LogP contribution is 2.29. The largest absolute Gasteiger partial charge is 0.451 e. The maximum absolute atomic E-state index is 12.6. The van der Waals surface area contributed by atoms with Crippen LogP contribution in [0.2, 0.25) is 0 Å². The third kappa shape index (κ3) is 6.34. The Morgan fingerprint density at radius 2 is 1.52 bits per heavy atom. The topological polar surface area (TPSA) is 84.5 Å². The second-order valence-corrected chi connectivity index (χ2v) is 6.20. The number of ether oxygens (including phenoxy) is 1. The van der Waals surface area contributed by atoms with Gasteiger partial charge in [0.25, 0.3) is 11.8 Å². The van der Waals surface area contributed by atoms with Gasteiger partial charge in [-0.05, 0) is 50.2 Å². The average molecular weight is 408 g/mol. The van der Waals surface area contributed by atoms with Crippen molar-refractivity contribution in [3.63, 3.8) is 0 Å². The zero-order valence-corrected chi connectivity index (χ0v) is 15.6. The second-order valence-electron chi connectivity index (χ2n) is 6.20. The molecular formula is C20H19F3N2O4. The molecule has 2 rings (SSSR count). The van der Waals surface area contributed by atoms with Crippen LogP contribution in [0, 0.1) is 0 Å². The number of carbonyl (C=O) groups is 3. The first-order valence-corrected chi connectivity index (χ1v) is 8.62. The van der Waals surface area contributed by atoms with Crippen LogP contribution in [0.25, 0.3) is 0 Å². The number of alkyl halides is 3. The number of halogens is 3. The summed E-state index contributed by atoms with van der Waals surface area (Å²) in [5.41, 5.74) is -0.366. The van der Waals surface area contributed by atoms with Crippen molar-refractivity contribution >= 4 is 23.5 Å². The number of nitrogens with one attached hydrogen (secondary N) is 2. The van der Waals surface area contributed by atoms with E-state index in [-0.39, 0.29) is 5.69 Å². The van der Waals surface area contributed by atoms with Gasteiger partial charge in [-0.1, -0.05) is 18.2 Å². The number of anilines is 1. The molecule has 0 aliphatic carbocycles. The maximum atomic E-state index is 12.6. The van der Waals surface area contributed by atoms with Crippen LogP contribution in [0.5, 0.6) is 0 Å². The molecular weight excluding hydrogens is 389 g/mol. The normalized spacial score (nSPS) is 13.1. The van der Waals surface area contributed by atoms with Gasteiger partial charge in [0.2, 0.25) is 0 Å². The Labute approximate surface area is 165 Å². The summed E-state index contributed by atoms with van der Waals surface area (Å²) in [6.45, 7) is 2.71. The number of hydrogen-bond donors (Lipinski definition) is 2. The van der Waals surface area contributed by atoms with Crippen molar-refractivity contribution in [3.8, 4) is 0 Å². The van der Waals surface area contributed by atoms with Gasteiger partial charge in [-0.2, -0.15) is 13.2 Å². The molecule has 0 saturated carbocycles. The van der Waals surface area contributed by atoms with Gasteiger partial charge in [-0.25, -0.2) is 4.79 Å². The molecule has 0 saturated heterocycles. The van der Waals surface area contributed by atoms with Gasteiger partial charge >= 0.3 is 12.1 Å². The van der Waals surface area contributed by atoms with Crippen molar-refractivity contribution in [2.24, 2.45) is 0 Å². The summed E-state index contributed by atoms with van der Waals surface area (Å²) in [5, 5.41) is 4.82. The molecule has 0 radical (unpaired) electrons. The molecule has 0 aliphatic rings. The number of hydrogen-bond acceptors (Lipinski definition) is 4. The van der Waals surface area contributed by atoms with E-state index in [1.54, 1.807) is 30.3 Å². The Balaban J connectivity index is 1.88. The van der Waals surface area contributed by atoms with Gasteiger partial charge in [0.05, 0.1) is 5.56 Å². The molecule has 2 N–H and O–H groups in total. The lowest BCUT2D eigenvalue weighted by Gasteiger charge is -2.18. The Morgan fingerprint density at radius 3 is 2.07 bits per heavy atom. The van der Waals surface area contributed by atoms with Crippen molar-refractivity contribution < 1.29 is 32.3 Å². The zero-order chi connectivity index (χ0) is 21.6. The molecule has 29 heavy (non-hydrogen) atoms. The summed E-state index contributed by atoms with van der Waals surface area (Å²) in [5.74, 6) is -2.03. The summed E-state index contributed by atoms with van der Waals surface area (Å²) in [7, 11) is 0. The quantitative estimate of drug-likeness (QED) is 0.718. The van der Waals surface area contributed by atoms with Crippen LogP contribution in [0.1, 0.15) is 29.8 Å². The predicted octanol–water partition coefficient (Wildman–Crippen LogP) is 3.39. The third-order valence-corrected chi connectivity index (χ3v) is 3.88. The molecule has 0 heterocycles. The lowest BCUT2D eigenvalue weighted by Crippen LogP contribution is -2.42. The number of rotatable bonds is 6. The summed E-state index contributed by atoms with van der Waals surface area (Å²) in [6.07, 6.45) is -5.70. The molecule has 0 fully saturated rings. The van der Waals surface area contributed by atoms with Crippen LogP contribution in [0.3, 0.4) is 0 Å².